The minimum absolute atomic E-state index is 0.0789. The van der Waals surface area contributed by atoms with Gasteiger partial charge in [-0.2, -0.15) is 5.10 Å². The Kier molecular flexibility index (Phi) is 7.11. The molecule has 12 heteroatoms. The van der Waals surface area contributed by atoms with E-state index in [2.05, 4.69) is 39.7 Å². The van der Waals surface area contributed by atoms with Crippen LogP contribution >= 0.6 is 0 Å². The summed E-state index contributed by atoms with van der Waals surface area (Å²) in [5.74, 6) is 0.837. The van der Waals surface area contributed by atoms with E-state index in [-0.39, 0.29) is 16.4 Å². The van der Waals surface area contributed by atoms with E-state index in [9.17, 15) is 14.9 Å². The topological polar surface area (TPSA) is 127 Å². The predicted octanol–water partition coefficient (Wildman–Crippen LogP) is 5.31. The summed E-state index contributed by atoms with van der Waals surface area (Å²) in [4.78, 5) is 32.4. The maximum atomic E-state index is 12.3. The monoisotopic (exact) mass is 566 g/mol. The van der Waals surface area contributed by atoms with Crippen LogP contribution in [0.2, 0.25) is 25.7 Å². The number of hydrogen-bond acceptors (Lipinski definition) is 8. The third kappa shape index (κ3) is 5.97. The van der Waals surface area contributed by atoms with E-state index in [0.717, 1.165) is 41.4 Å². The van der Waals surface area contributed by atoms with Crippen molar-refractivity contribution in [2.24, 2.45) is 5.41 Å². The van der Waals surface area contributed by atoms with Gasteiger partial charge in [-0.05, 0) is 57.1 Å². The molecule has 0 bridgehead atoms. The van der Waals surface area contributed by atoms with Crippen molar-refractivity contribution in [1.29, 1.82) is 0 Å². The van der Waals surface area contributed by atoms with Gasteiger partial charge in [0, 0.05) is 56.8 Å². The Morgan fingerprint density at radius 2 is 1.90 bits per heavy atom. The number of rotatable bonds is 8. The molecule has 2 aliphatic heterocycles. The summed E-state index contributed by atoms with van der Waals surface area (Å²) in [5.41, 5.74) is 2.44. The second kappa shape index (κ2) is 10.1. The number of hydrogen-bond donors (Lipinski definition) is 1. The van der Waals surface area contributed by atoms with Gasteiger partial charge in [0.2, 0.25) is 0 Å². The fraction of sp³-hybridized carbons (Fsp3) is 0.536. The first kappa shape index (κ1) is 28.0. The van der Waals surface area contributed by atoms with Gasteiger partial charge in [-0.15, -0.1) is 0 Å². The zero-order valence-electron chi connectivity index (χ0n) is 24.1. The average Bonchev–Trinajstić information content (AvgIpc) is 3.21. The summed E-state index contributed by atoms with van der Waals surface area (Å²) in [5, 5.41) is 20.2. The normalized spacial score (nSPS) is 17.4. The SMILES string of the molecule is CC(C)(C)OC(=O)N1CC2(C1)CN(c1cc(-c3n[nH]c4ccc(C(OCC[Si](C)(C)C)[N+](=O)[O-])cc34)ccn1)C2. The number of benzene rings is 1. The number of nitrogens with one attached hydrogen (secondary N) is 1. The van der Waals surface area contributed by atoms with Crippen molar-refractivity contribution in [1.82, 2.24) is 20.1 Å². The summed E-state index contributed by atoms with van der Waals surface area (Å²) >= 11 is 0. The summed E-state index contributed by atoms with van der Waals surface area (Å²) in [6.45, 7) is 15.6. The molecule has 2 aromatic heterocycles. The molecule has 0 radical (unpaired) electrons. The molecule has 1 amide bonds. The number of H-pyrrole nitrogens is 1. The zero-order chi connectivity index (χ0) is 28.9. The Hall–Kier alpha value is -3.51. The van der Waals surface area contributed by atoms with Crippen molar-refractivity contribution in [2.45, 2.75) is 58.3 Å². The fourth-order valence-electron chi connectivity index (χ4n) is 5.24. The first-order valence-electron chi connectivity index (χ1n) is 13.6. The smallest absolute Gasteiger partial charge is 0.410 e. The number of amides is 1. The van der Waals surface area contributed by atoms with E-state index in [0.29, 0.717) is 31.0 Å². The van der Waals surface area contributed by atoms with Crippen LogP contribution in [0.25, 0.3) is 22.2 Å². The molecule has 0 saturated carbocycles. The number of likely N-dealkylation sites (tertiary alicyclic amines) is 1. The fourth-order valence-corrected chi connectivity index (χ4v) is 5.97. The van der Waals surface area contributed by atoms with E-state index < -0.39 is 19.9 Å². The van der Waals surface area contributed by atoms with Gasteiger partial charge in [0.1, 0.15) is 17.1 Å². The van der Waals surface area contributed by atoms with Gasteiger partial charge in [0.25, 0.3) is 0 Å². The quantitative estimate of drug-likeness (QED) is 0.168. The molecule has 3 aromatic rings. The number of nitrogens with zero attached hydrogens (tertiary/aromatic N) is 5. The number of fused-ring (bicyclic) bond motifs is 1. The number of carbonyl (C=O) groups is 1. The summed E-state index contributed by atoms with van der Waals surface area (Å²) < 4.78 is 11.2. The Morgan fingerprint density at radius 1 is 1.18 bits per heavy atom. The van der Waals surface area contributed by atoms with Gasteiger partial charge in [0.05, 0.1) is 22.6 Å². The van der Waals surface area contributed by atoms with Gasteiger partial charge in [-0.3, -0.25) is 15.2 Å². The number of aromatic amines is 1. The van der Waals surface area contributed by atoms with Crippen LogP contribution in [0.3, 0.4) is 0 Å². The van der Waals surface area contributed by atoms with Crippen molar-refractivity contribution >= 4 is 30.9 Å². The molecule has 2 aliphatic rings. The van der Waals surface area contributed by atoms with E-state index in [1.807, 2.05) is 39.0 Å². The van der Waals surface area contributed by atoms with E-state index >= 15 is 0 Å². The number of carbonyl (C=O) groups excluding carboxylic acids is 1. The lowest BCUT2D eigenvalue weighted by molar-refractivity contribution is -0.583. The van der Waals surface area contributed by atoms with E-state index in [1.165, 1.54) is 0 Å². The lowest BCUT2D eigenvalue weighted by Crippen LogP contribution is -2.73. The molecule has 5 rings (SSSR count). The molecule has 1 aromatic carbocycles. The highest BCUT2D eigenvalue weighted by molar-refractivity contribution is 6.76. The number of pyridine rings is 1. The van der Waals surface area contributed by atoms with E-state index in [1.54, 1.807) is 23.2 Å². The van der Waals surface area contributed by atoms with Gasteiger partial charge in [0.15, 0.2) is 0 Å². The Bertz CT molecular complexity index is 1410. The molecule has 11 nitrogen and oxygen atoms in total. The van der Waals surface area contributed by atoms with Crippen molar-refractivity contribution in [3.63, 3.8) is 0 Å². The van der Waals surface area contributed by atoms with Crippen molar-refractivity contribution < 1.29 is 19.2 Å². The summed E-state index contributed by atoms with van der Waals surface area (Å²) in [6.07, 6.45) is 0.270. The van der Waals surface area contributed by atoms with Gasteiger partial charge >= 0.3 is 12.3 Å². The maximum absolute atomic E-state index is 12.3. The molecule has 1 atom stereocenters. The molecule has 214 valence electrons. The van der Waals surface area contributed by atoms with Crippen molar-refractivity contribution in [2.75, 3.05) is 37.7 Å². The highest BCUT2D eigenvalue weighted by Gasteiger charge is 2.54. The molecule has 2 fully saturated rings. The first-order valence-corrected chi connectivity index (χ1v) is 17.4. The van der Waals surface area contributed by atoms with Crippen LogP contribution in [0.5, 0.6) is 0 Å². The van der Waals surface area contributed by atoms with Crippen LogP contribution in [-0.2, 0) is 9.47 Å². The molecule has 1 spiro atoms. The van der Waals surface area contributed by atoms with Crippen LogP contribution < -0.4 is 4.90 Å². The number of nitro groups is 1. The van der Waals surface area contributed by atoms with Crippen LogP contribution in [-0.4, -0.2) is 77.6 Å². The first-order chi connectivity index (χ1) is 18.7. The van der Waals surface area contributed by atoms with Crippen LogP contribution in [0.15, 0.2) is 36.5 Å². The van der Waals surface area contributed by atoms with Crippen LogP contribution in [0.4, 0.5) is 10.6 Å². The number of ether oxygens (including phenoxy) is 2. The second-order valence-corrected chi connectivity index (χ2v) is 18.9. The third-order valence-electron chi connectivity index (χ3n) is 7.29. The highest BCUT2D eigenvalue weighted by atomic mass is 28.3. The molecular weight excluding hydrogens is 528 g/mol. The molecule has 4 heterocycles. The summed E-state index contributed by atoms with van der Waals surface area (Å²) in [6, 6.07) is 10.1. The average molecular weight is 567 g/mol. The molecule has 0 aliphatic carbocycles. The molecular formula is C28H38N6O5Si. The van der Waals surface area contributed by atoms with Crippen LogP contribution in [0.1, 0.15) is 32.6 Å². The molecule has 40 heavy (non-hydrogen) atoms. The molecule has 1 unspecified atom stereocenters. The van der Waals surface area contributed by atoms with Crippen LogP contribution in [0, 0.1) is 15.5 Å². The third-order valence-corrected chi connectivity index (χ3v) is 9.00. The highest BCUT2D eigenvalue weighted by Crippen LogP contribution is 2.42. The van der Waals surface area contributed by atoms with Gasteiger partial charge in [-0.25, -0.2) is 9.78 Å². The van der Waals surface area contributed by atoms with Crippen molar-refractivity contribution in [3.05, 3.63) is 52.2 Å². The number of anilines is 1. The lowest BCUT2D eigenvalue weighted by atomic mass is 9.73. The van der Waals surface area contributed by atoms with E-state index in [4.69, 9.17) is 9.47 Å². The maximum Gasteiger partial charge on any atom is 0.410 e. The zero-order valence-corrected chi connectivity index (χ0v) is 25.1. The Labute approximate surface area is 235 Å². The molecule has 2 saturated heterocycles. The standard InChI is InChI=1S/C28H38N6O5Si/c1-27(2,3)39-26(35)33-17-28(18-33)15-32(16-28)23-14-19(9-10-29-23)24-21-13-20(7-8-22(21)30-31-24)25(34(36)37)38-11-12-40(4,5)6/h7-10,13-14,25H,11-12,15-18H2,1-6H3,(H,30,31). The Morgan fingerprint density at radius 3 is 2.55 bits per heavy atom. The molecule has 1 N–H and O–H groups in total. The van der Waals surface area contributed by atoms with Crippen molar-refractivity contribution in [3.8, 4) is 11.3 Å². The predicted molar refractivity (Wildman–Crippen MR) is 156 cm³/mol. The summed E-state index contributed by atoms with van der Waals surface area (Å²) in [7, 11) is -1.38. The minimum Gasteiger partial charge on any atom is -0.444 e. The second-order valence-electron chi connectivity index (χ2n) is 13.3. The Balaban J connectivity index is 1.29. The largest absolute Gasteiger partial charge is 0.444 e. The minimum atomic E-state index is -1.38. The van der Waals surface area contributed by atoms with Gasteiger partial charge in [-0.1, -0.05) is 19.6 Å². The number of aromatic nitrogens is 3. The lowest BCUT2D eigenvalue weighted by Gasteiger charge is -2.60. The van der Waals surface area contributed by atoms with Gasteiger partial charge < -0.3 is 19.3 Å².